The van der Waals surface area contributed by atoms with Crippen molar-refractivity contribution in [1.82, 2.24) is 0 Å². The molecule has 0 saturated carbocycles. The van der Waals surface area contributed by atoms with Gasteiger partial charge in [0.25, 0.3) is 0 Å². The Balaban J connectivity index is 1.85. The third-order valence-corrected chi connectivity index (χ3v) is 3.32. The highest BCUT2D eigenvalue weighted by molar-refractivity contribution is 5.99. The van der Waals surface area contributed by atoms with Gasteiger partial charge in [0.1, 0.15) is 11.9 Å². The number of esters is 1. The number of carbonyl (C=O) groups excluding carboxylic acids is 2. The Hall–Kier alpha value is -2.49. The van der Waals surface area contributed by atoms with Crippen molar-refractivity contribution >= 4 is 11.8 Å². The van der Waals surface area contributed by atoms with Crippen molar-refractivity contribution in [2.45, 2.75) is 12.5 Å². The van der Waals surface area contributed by atoms with Crippen molar-refractivity contribution in [1.29, 1.82) is 0 Å². The summed E-state index contributed by atoms with van der Waals surface area (Å²) in [6.07, 6.45) is -0.685. The average Bonchev–Trinajstić information content (AvgIpc) is 2.76. The van der Waals surface area contributed by atoms with E-state index in [0.29, 0.717) is 11.1 Å². The number of carbonyl (C=O) groups is 2. The van der Waals surface area contributed by atoms with Gasteiger partial charge in [-0.2, -0.15) is 0 Å². The maximum atomic E-state index is 13.6. The molecule has 2 aromatic carbocycles. The highest BCUT2D eigenvalue weighted by atomic mass is 19.1. The quantitative estimate of drug-likeness (QED) is 0.634. The van der Waals surface area contributed by atoms with Crippen LogP contribution in [0.3, 0.4) is 0 Å². The van der Waals surface area contributed by atoms with Crippen LogP contribution in [0.4, 0.5) is 4.39 Å². The second-order valence-electron chi connectivity index (χ2n) is 4.59. The molecule has 0 radical (unpaired) electrons. The van der Waals surface area contributed by atoms with E-state index in [1.807, 2.05) is 0 Å². The molecule has 1 unspecified atom stereocenters. The van der Waals surface area contributed by atoms with Gasteiger partial charge in [-0.05, 0) is 18.2 Å². The van der Waals surface area contributed by atoms with E-state index in [1.165, 1.54) is 18.2 Å². The Kier molecular flexibility index (Phi) is 3.06. The van der Waals surface area contributed by atoms with Gasteiger partial charge in [0, 0.05) is 5.56 Å². The van der Waals surface area contributed by atoms with Crippen LogP contribution >= 0.6 is 0 Å². The zero-order valence-corrected chi connectivity index (χ0v) is 10.5. The Morgan fingerprint density at radius 2 is 1.80 bits per heavy atom. The van der Waals surface area contributed by atoms with Gasteiger partial charge in [0.05, 0.1) is 17.5 Å². The normalized spacial score (nSPS) is 16.6. The van der Waals surface area contributed by atoms with Crippen LogP contribution < -0.4 is 0 Å². The van der Waals surface area contributed by atoms with Crippen molar-refractivity contribution in [3.8, 4) is 0 Å². The molecule has 0 saturated heterocycles. The zero-order chi connectivity index (χ0) is 14.1. The Bertz CT molecular complexity index is 694. The smallest absolute Gasteiger partial charge is 0.339 e. The van der Waals surface area contributed by atoms with Gasteiger partial charge in [-0.3, -0.25) is 4.79 Å². The van der Waals surface area contributed by atoms with E-state index in [-0.39, 0.29) is 17.8 Å². The summed E-state index contributed by atoms with van der Waals surface area (Å²) in [6.45, 7) is 0. The number of halogens is 1. The first kappa shape index (κ1) is 12.5. The summed E-state index contributed by atoms with van der Waals surface area (Å²) >= 11 is 0. The molecule has 4 heteroatoms. The third-order valence-electron chi connectivity index (χ3n) is 3.32. The summed E-state index contributed by atoms with van der Waals surface area (Å²) in [6, 6.07) is 12.7. The minimum absolute atomic E-state index is 0.0212. The molecule has 0 aliphatic carbocycles. The molecule has 0 bridgehead atoms. The number of ether oxygens (including phenoxy) is 1. The van der Waals surface area contributed by atoms with Crippen LogP contribution in [0.1, 0.15) is 38.8 Å². The summed E-state index contributed by atoms with van der Waals surface area (Å²) in [4.78, 5) is 23.8. The van der Waals surface area contributed by atoms with Crippen molar-refractivity contribution < 1.29 is 18.7 Å². The SMILES string of the molecule is O=C(CC1OC(=O)c2ccccc21)c1ccccc1F. The second-order valence-corrected chi connectivity index (χ2v) is 4.59. The molecule has 3 nitrogen and oxygen atoms in total. The molecular formula is C16H11FO3. The molecule has 1 aliphatic rings. The first-order chi connectivity index (χ1) is 9.66. The van der Waals surface area contributed by atoms with Crippen LogP contribution in [0, 0.1) is 5.82 Å². The molecule has 0 amide bonds. The first-order valence-corrected chi connectivity index (χ1v) is 6.24. The molecule has 20 heavy (non-hydrogen) atoms. The highest BCUT2D eigenvalue weighted by Crippen LogP contribution is 2.33. The lowest BCUT2D eigenvalue weighted by molar-refractivity contribution is 0.0367. The lowest BCUT2D eigenvalue weighted by Gasteiger charge is -2.10. The molecule has 0 spiro atoms. The van der Waals surface area contributed by atoms with Gasteiger partial charge in [0.15, 0.2) is 5.78 Å². The van der Waals surface area contributed by atoms with Gasteiger partial charge in [0.2, 0.25) is 0 Å². The van der Waals surface area contributed by atoms with Crippen LogP contribution in [0.2, 0.25) is 0 Å². The summed E-state index contributed by atoms with van der Waals surface area (Å²) in [5.41, 5.74) is 1.17. The van der Waals surface area contributed by atoms with Gasteiger partial charge >= 0.3 is 5.97 Å². The van der Waals surface area contributed by atoms with Crippen molar-refractivity contribution in [3.05, 3.63) is 71.0 Å². The number of hydrogen-bond donors (Lipinski definition) is 0. The molecule has 0 N–H and O–H groups in total. The van der Waals surface area contributed by atoms with Gasteiger partial charge < -0.3 is 4.74 Å². The number of Topliss-reactive ketones (excluding diaryl/α,β-unsaturated/α-hetero) is 1. The van der Waals surface area contributed by atoms with E-state index in [2.05, 4.69) is 0 Å². The number of rotatable bonds is 3. The molecular weight excluding hydrogens is 259 g/mol. The number of hydrogen-bond acceptors (Lipinski definition) is 3. The molecule has 2 aromatic rings. The minimum atomic E-state index is -0.634. The molecule has 3 rings (SSSR count). The average molecular weight is 270 g/mol. The topological polar surface area (TPSA) is 43.4 Å². The first-order valence-electron chi connectivity index (χ1n) is 6.24. The van der Waals surface area contributed by atoms with E-state index in [4.69, 9.17) is 4.74 Å². The van der Waals surface area contributed by atoms with E-state index in [0.717, 1.165) is 0 Å². The predicted octanol–water partition coefficient (Wildman–Crippen LogP) is 3.31. The van der Waals surface area contributed by atoms with Crippen LogP contribution in [0.25, 0.3) is 0 Å². The zero-order valence-electron chi connectivity index (χ0n) is 10.5. The molecule has 1 heterocycles. The Labute approximate surface area is 115 Å². The standard InChI is InChI=1S/C16H11FO3/c17-13-8-4-3-7-12(13)14(18)9-15-10-5-1-2-6-11(10)16(19)20-15/h1-8,15H,9H2. The number of ketones is 1. The molecule has 0 aromatic heterocycles. The van der Waals surface area contributed by atoms with E-state index < -0.39 is 17.9 Å². The van der Waals surface area contributed by atoms with Crippen LogP contribution in [0.15, 0.2) is 48.5 Å². The van der Waals surface area contributed by atoms with E-state index in [9.17, 15) is 14.0 Å². The Morgan fingerprint density at radius 1 is 1.10 bits per heavy atom. The predicted molar refractivity (Wildman–Crippen MR) is 69.9 cm³/mol. The van der Waals surface area contributed by atoms with Crippen molar-refractivity contribution in [2.24, 2.45) is 0 Å². The summed E-state index contributed by atoms with van der Waals surface area (Å²) in [7, 11) is 0. The lowest BCUT2D eigenvalue weighted by Crippen LogP contribution is -2.09. The molecule has 1 aliphatic heterocycles. The van der Waals surface area contributed by atoms with Crippen molar-refractivity contribution in [2.75, 3.05) is 0 Å². The summed E-state index contributed by atoms with van der Waals surface area (Å²) in [5, 5.41) is 0. The fourth-order valence-electron chi connectivity index (χ4n) is 2.34. The van der Waals surface area contributed by atoms with Crippen LogP contribution in [-0.4, -0.2) is 11.8 Å². The van der Waals surface area contributed by atoms with E-state index >= 15 is 0 Å². The van der Waals surface area contributed by atoms with E-state index in [1.54, 1.807) is 30.3 Å². The fourth-order valence-corrected chi connectivity index (χ4v) is 2.34. The van der Waals surface area contributed by atoms with Gasteiger partial charge in [-0.1, -0.05) is 30.3 Å². The minimum Gasteiger partial charge on any atom is -0.453 e. The lowest BCUT2D eigenvalue weighted by atomic mass is 9.98. The fraction of sp³-hybridized carbons (Fsp3) is 0.125. The largest absolute Gasteiger partial charge is 0.453 e. The second kappa shape index (κ2) is 4.89. The van der Waals surface area contributed by atoms with Crippen molar-refractivity contribution in [3.63, 3.8) is 0 Å². The van der Waals surface area contributed by atoms with Gasteiger partial charge in [-0.15, -0.1) is 0 Å². The molecule has 1 atom stereocenters. The maximum Gasteiger partial charge on any atom is 0.339 e. The van der Waals surface area contributed by atoms with Crippen LogP contribution in [-0.2, 0) is 4.74 Å². The van der Waals surface area contributed by atoms with Gasteiger partial charge in [-0.25, -0.2) is 9.18 Å². The number of benzene rings is 2. The molecule has 0 fully saturated rings. The monoisotopic (exact) mass is 270 g/mol. The number of fused-ring (bicyclic) bond motifs is 1. The highest BCUT2D eigenvalue weighted by Gasteiger charge is 2.32. The number of cyclic esters (lactones) is 1. The summed E-state index contributed by atoms with van der Waals surface area (Å²) in [5.74, 6) is -1.38. The molecule has 100 valence electrons. The maximum absolute atomic E-state index is 13.6. The third kappa shape index (κ3) is 2.09. The summed E-state index contributed by atoms with van der Waals surface area (Å²) < 4.78 is 18.7. The van der Waals surface area contributed by atoms with Crippen LogP contribution in [0.5, 0.6) is 0 Å². The Morgan fingerprint density at radius 3 is 2.60 bits per heavy atom.